The highest BCUT2D eigenvalue weighted by molar-refractivity contribution is 5.94. The fraction of sp³-hybridized carbons (Fsp3) is 0.412. The van der Waals surface area contributed by atoms with Gasteiger partial charge in [0.1, 0.15) is 0 Å². The SMILES string of the molecule is CC(C)(C)C=CCNC(=O)c1cccc(CCC(=O)NO)c1. The summed E-state index contributed by atoms with van der Waals surface area (Å²) in [5.41, 5.74) is 3.13. The van der Waals surface area contributed by atoms with Gasteiger partial charge in [-0.25, -0.2) is 5.48 Å². The first-order chi connectivity index (χ1) is 10.3. The smallest absolute Gasteiger partial charge is 0.251 e. The van der Waals surface area contributed by atoms with E-state index in [4.69, 9.17) is 5.21 Å². The number of aryl methyl sites for hydroxylation is 1. The monoisotopic (exact) mass is 304 g/mol. The lowest BCUT2D eigenvalue weighted by Crippen LogP contribution is -2.23. The van der Waals surface area contributed by atoms with Gasteiger partial charge in [0.25, 0.3) is 5.91 Å². The summed E-state index contributed by atoms with van der Waals surface area (Å²) in [6, 6.07) is 7.12. The van der Waals surface area contributed by atoms with Crippen LogP contribution < -0.4 is 10.8 Å². The predicted molar refractivity (Wildman–Crippen MR) is 85.6 cm³/mol. The molecule has 0 aliphatic heterocycles. The number of allylic oxidation sites excluding steroid dienone is 1. The number of benzene rings is 1. The molecule has 120 valence electrons. The molecule has 0 aromatic heterocycles. The van der Waals surface area contributed by atoms with E-state index in [0.29, 0.717) is 18.5 Å². The molecule has 22 heavy (non-hydrogen) atoms. The summed E-state index contributed by atoms with van der Waals surface area (Å²) in [6.45, 7) is 6.76. The maximum Gasteiger partial charge on any atom is 0.251 e. The third-order valence-electron chi connectivity index (χ3n) is 2.95. The predicted octanol–water partition coefficient (Wildman–Crippen LogP) is 2.46. The zero-order chi connectivity index (χ0) is 16.6. The Morgan fingerprint density at radius 3 is 2.64 bits per heavy atom. The molecule has 1 rings (SSSR count). The molecular formula is C17H24N2O3. The summed E-state index contributed by atoms with van der Waals surface area (Å²) in [5, 5.41) is 11.3. The van der Waals surface area contributed by atoms with Crippen molar-refractivity contribution in [2.24, 2.45) is 5.41 Å². The number of nitrogens with one attached hydrogen (secondary N) is 2. The van der Waals surface area contributed by atoms with Crippen molar-refractivity contribution in [2.75, 3.05) is 6.54 Å². The van der Waals surface area contributed by atoms with Crippen LogP contribution in [0.25, 0.3) is 0 Å². The average molecular weight is 304 g/mol. The van der Waals surface area contributed by atoms with Gasteiger partial charge in [-0.05, 0) is 29.5 Å². The molecular weight excluding hydrogens is 280 g/mol. The van der Waals surface area contributed by atoms with E-state index >= 15 is 0 Å². The Balaban J connectivity index is 2.55. The highest BCUT2D eigenvalue weighted by atomic mass is 16.5. The molecule has 0 radical (unpaired) electrons. The van der Waals surface area contributed by atoms with E-state index in [2.05, 4.69) is 32.2 Å². The van der Waals surface area contributed by atoms with E-state index in [1.807, 2.05) is 12.1 Å². The Morgan fingerprint density at radius 2 is 2.00 bits per heavy atom. The van der Waals surface area contributed by atoms with Crippen molar-refractivity contribution in [1.29, 1.82) is 0 Å². The van der Waals surface area contributed by atoms with Crippen molar-refractivity contribution in [2.45, 2.75) is 33.6 Å². The van der Waals surface area contributed by atoms with E-state index in [1.165, 1.54) is 0 Å². The van der Waals surface area contributed by atoms with Crippen LogP contribution in [0.3, 0.4) is 0 Å². The molecule has 0 aliphatic rings. The molecule has 0 spiro atoms. The standard InChI is InChI=1S/C17H24N2O3/c1-17(2,3)10-5-11-18-16(21)14-7-4-6-13(12-14)8-9-15(20)19-22/h4-7,10,12,22H,8-9,11H2,1-3H3,(H,18,21)(H,19,20). The van der Waals surface area contributed by atoms with Crippen molar-refractivity contribution < 1.29 is 14.8 Å². The number of hydroxylamine groups is 1. The average Bonchev–Trinajstić information content (AvgIpc) is 2.48. The van der Waals surface area contributed by atoms with Crippen LogP contribution in [0, 0.1) is 5.41 Å². The summed E-state index contributed by atoms with van der Waals surface area (Å²) in [4.78, 5) is 23.1. The highest BCUT2D eigenvalue weighted by Crippen LogP contribution is 2.13. The molecule has 1 aromatic rings. The summed E-state index contributed by atoms with van der Waals surface area (Å²) < 4.78 is 0. The number of hydrogen-bond acceptors (Lipinski definition) is 3. The lowest BCUT2D eigenvalue weighted by Gasteiger charge is -2.11. The van der Waals surface area contributed by atoms with Crippen molar-refractivity contribution in [1.82, 2.24) is 10.8 Å². The molecule has 0 unspecified atom stereocenters. The minimum absolute atomic E-state index is 0.0952. The van der Waals surface area contributed by atoms with Gasteiger partial charge in [0.2, 0.25) is 5.91 Å². The van der Waals surface area contributed by atoms with E-state index < -0.39 is 5.91 Å². The van der Waals surface area contributed by atoms with Crippen molar-refractivity contribution in [3.8, 4) is 0 Å². The minimum Gasteiger partial charge on any atom is -0.349 e. The maximum atomic E-state index is 12.1. The third-order valence-corrected chi connectivity index (χ3v) is 2.95. The first-order valence-corrected chi connectivity index (χ1v) is 7.29. The molecule has 1 aromatic carbocycles. The molecule has 0 heterocycles. The second kappa shape index (κ2) is 8.34. The fourth-order valence-corrected chi connectivity index (χ4v) is 1.85. The van der Waals surface area contributed by atoms with Gasteiger partial charge in [0.15, 0.2) is 0 Å². The van der Waals surface area contributed by atoms with Gasteiger partial charge in [-0.15, -0.1) is 0 Å². The number of rotatable bonds is 6. The zero-order valence-electron chi connectivity index (χ0n) is 13.3. The van der Waals surface area contributed by atoms with Crippen LogP contribution in [0.2, 0.25) is 0 Å². The number of hydrogen-bond donors (Lipinski definition) is 3. The molecule has 0 atom stereocenters. The minimum atomic E-state index is -0.442. The van der Waals surface area contributed by atoms with Crippen LogP contribution in [-0.4, -0.2) is 23.6 Å². The third kappa shape index (κ3) is 7.04. The van der Waals surface area contributed by atoms with E-state index in [-0.39, 0.29) is 17.7 Å². The first kappa shape index (κ1) is 17.9. The fourth-order valence-electron chi connectivity index (χ4n) is 1.85. The van der Waals surface area contributed by atoms with Gasteiger partial charge in [-0.1, -0.05) is 45.1 Å². The van der Waals surface area contributed by atoms with Crippen LogP contribution in [0.1, 0.15) is 43.1 Å². The molecule has 5 nitrogen and oxygen atoms in total. The molecule has 2 amide bonds. The lowest BCUT2D eigenvalue weighted by molar-refractivity contribution is -0.129. The largest absolute Gasteiger partial charge is 0.349 e. The Bertz CT molecular complexity index is 545. The molecule has 0 aliphatic carbocycles. The van der Waals surface area contributed by atoms with Crippen molar-refractivity contribution >= 4 is 11.8 Å². The number of carbonyl (C=O) groups excluding carboxylic acids is 2. The zero-order valence-corrected chi connectivity index (χ0v) is 13.3. The van der Waals surface area contributed by atoms with Gasteiger partial charge in [0.05, 0.1) is 0 Å². The van der Waals surface area contributed by atoms with Gasteiger partial charge in [-0.2, -0.15) is 0 Å². The molecule has 3 N–H and O–H groups in total. The quantitative estimate of drug-likeness (QED) is 0.429. The van der Waals surface area contributed by atoms with Crippen LogP contribution in [0.5, 0.6) is 0 Å². The molecule has 0 fully saturated rings. The first-order valence-electron chi connectivity index (χ1n) is 7.29. The van der Waals surface area contributed by atoms with Gasteiger partial charge < -0.3 is 5.32 Å². The normalized spacial score (nSPS) is 11.5. The van der Waals surface area contributed by atoms with Crippen LogP contribution >= 0.6 is 0 Å². The van der Waals surface area contributed by atoms with Gasteiger partial charge >= 0.3 is 0 Å². The summed E-state index contributed by atoms with van der Waals surface area (Å²) in [5.74, 6) is -0.589. The molecule has 0 saturated heterocycles. The molecule has 5 heteroatoms. The maximum absolute atomic E-state index is 12.1. The van der Waals surface area contributed by atoms with E-state index in [0.717, 1.165) is 5.56 Å². The number of carbonyl (C=O) groups is 2. The van der Waals surface area contributed by atoms with Gasteiger partial charge in [0, 0.05) is 18.5 Å². The van der Waals surface area contributed by atoms with Crippen molar-refractivity contribution in [3.05, 3.63) is 47.5 Å². The number of amides is 2. The van der Waals surface area contributed by atoms with Crippen LogP contribution in [0.15, 0.2) is 36.4 Å². The lowest BCUT2D eigenvalue weighted by atomic mass is 9.96. The van der Waals surface area contributed by atoms with Crippen LogP contribution in [0.4, 0.5) is 0 Å². The Morgan fingerprint density at radius 1 is 1.27 bits per heavy atom. The van der Waals surface area contributed by atoms with E-state index in [9.17, 15) is 9.59 Å². The second-order valence-electron chi connectivity index (χ2n) is 6.21. The topological polar surface area (TPSA) is 78.4 Å². The summed E-state index contributed by atoms with van der Waals surface area (Å²) in [6.07, 6.45) is 4.64. The Hall–Kier alpha value is -2.14. The summed E-state index contributed by atoms with van der Waals surface area (Å²) >= 11 is 0. The second-order valence-corrected chi connectivity index (χ2v) is 6.21. The summed E-state index contributed by atoms with van der Waals surface area (Å²) in [7, 11) is 0. The van der Waals surface area contributed by atoms with Crippen LogP contribution in [-0.2, 0) is 11.2 Å². The molecule has 0 saturated carbocycles. The Kier molecular flexibility index (Phi) is 6.79. The highest BCUT2D eigenvalue weighted by Gasteiger charge is 2.07. The molecule has 0 bridgehead atoms. The van der Waals surface area contributed by atoms with Gasteiger partial charge in [-0.3, -0.25) is 14.8 Å². The Labute approximate surface area is 131 Å². The van der Waals surface area contributed by atoms with E-state index in [1.54, 1.807) is 23.7 Å². The van der Waals surface area contributed by atoms with Crippen molar-refractivity contribution in [3.63, 3.8) is 0 Å².